The number of azo groups is 1. The summed E-state index contributed by atoms with van der Waals surface area (Å²) in [5, 5.41) is 16.4. The van der Waals surface area contributed by atoms with Crippen molar-refractivity contribution in [3.63, 3.8) is 0 Å². The van der Waals surface area contributed by atoms with E-state index in [1.165, 1.54) is 0 Å². The van der Waals surface area contributed by atoms with Crippen LogP contribution in [-0.4, -0.2) is 10.4 Å². The number of hydrogen-bond donors (Lipinski definition) is 0. The van der Waals surface area contributed by atoms with Crippen LogP contribution in [-0.2, 0) is 14.1 Å². The lowest BCUT2D eigenvalue weighted by molar-refractivity contribution is -0.658. The molecule has 0 N–H and O–H groups in total. The van der Waals surface area contributed by atoms with Crippen LogP contribution in [0.25, 0.3) is 0 Å². The van der Waals surface area contributed by atoms with Crippen LogP contribution in [0.2, 0.25) is 0 Å². The molecule has 2 aromatic heterocycles. The SMILES string of the molecule is CC(/N=N/c1cccc[n+]1C)=N\N=c1/ccccn1C.[Cl-]. The summed E-state index contributed by atoms with van der Waals surface area (Å²) in [7, 11) is 3.82. The highest BCUT2D eigenvalue weighted by Crippen LogP contribution is 2.03. The molecule has 2 heterocycles. The van der Waals surface area contributed by atoms with Gasteiger partial charge in [0.05, 0.1) is 18.4 Å². The largest absolute Gasteiger partial charge is 1.00 e. The van der Waals surface area contributed by atoms with Gasteiger partial charge >= 0.3 is 5.82 Å². The summed E-state index contributed by atoms with van der Waals surface area (Å²) in [5.74, 6) is 1.25. The predicted molar refractivity (Wildman–Crippen MR) is 76.2 cm³/mol. The van der Waals surface area contributed by atoms with E-state index in [1.807, 2.05) is 72.0 Å². The zero-order chi connectivity index (χ0) is 14.4. The van der Waals surface area contributed by atoms with Crippen molar-refractivity contribution in [3.8, 4) is 0 Å². The van der Waals surface area contributed by atoms with Crippen molar-refractivity contribution in [1.82, 2.24) is 4.57 Å². The van der Waals surface area contributed by atoms with Crippen LogP contribution in [0.15, 0.2) is 69.2 Å². The number of amidine groups is 1. The van der Waals surface area contributed by atoms with Gasteiger partial charge in [-0.05, 0) is 23.3 Å². The van der Waals surface area contributed by atoms with Crippen LogP contribution >= 0.6 is 0 Å². The summed E-state index contributed by atoms with van der Waals surface area (Å²) in [4.78, 5) is 0. The lowest BCUT2D eigenvalue weighted by Crippen LogP contribution is -3.00. The van der Waals surface area contributed by atoms with Gasteiger partial charge < -0.3 is 17.0 Å². The molecule has 0 spiro atoms. The van der Waals surface area contributed by atoms with Crippen molar-refractivity contribution >= 4 is 11.7 Å². The van der Waals surface area contributed by atoms with E-state index in [4.69, 9.17) is 0 Å². The second kappa shape index (κ2) is 8.06. The molecule has 0 saturated carbocycles. The lowest BCUT2D eigenvalue weighted by Gasteiger charge is -1.94. The Kier molecular flexibility index (Phi) is 6.42. The fourth-order valence-electron chi connectivity index (χ4n) is 1.50. The van der Waals surface area contributed by atoms with Gasteiger partial charge in [-0.3, -0.25) is 0 Å². The zero-order valence-electron chi connectivity index (χ0n) is 12.2. The fourth-order valence-corrected chi connectivity index (χ4v) is 1.50. The van der Waals surface area contributed by atoms with Crippen molar-refractivity contribution in [2.45, 2.75) is 6.92 Å². The van der Waals surface area contributed by atoms with Crippen molar-refractivity contribution in [2.24, 2.45) is 34.5 Å². The van der Waals surface area contributed by atoms with E-state index in [0.29, 0.717) is 5.84 Å². The highest BCUT2D eigenvalue weighted by atomic mass is 35.5. The third-order valence-corrected chi connectivity index (χ3v) is 2.65. The first-order valence-electron chi connectivity index (χ1n) is 6.23. The maximum Gasteiger partial charge on any atom is 0.350 e. The molecule has 0 aliphatic carbocycles. The van der Waals surface area contributed by atoms with Gasteiger partial charge in [-0.25, -0.2) is 4.57 Å². The highest BCUT2D eigenvalue weighted by molar-refractivity contribution is 5.79. The van der Waals surface area contributed by atoms with E-state index in [0.717, 1.165) is 11.3 Å². The second-order valence-electron chi connectivity index (χ2n) is 4.29. The molecule has 2 rings (SSSR count). The summed E-state index contributed by atoms with van der Waals surface area (Å²) in [6, 6.07) is 11.5. The molecular formula is C14H17ClN6. The van der Waals surface area contributed by atoms with Gasteiger partial charge in [0, 0.05) is 26.2 Å². The van der Waals surface area contributed by atoms with Crippen LogP contribution < -0.4 is 22.5 Å². The molecule has 2 aromatic rings. The number of aryl methyl sites for hydroxylation is 2. The highest BCUT2D eigenvalue weighted by Gasteiger charge is 2.03. The summed E-state index contributed by atoms with van der Waals surface area (Å²) < 4.78 is 3.76. The maximum atomic E-state index is 4.13. The summed E-state index contributed by atoms with van der Waals surface area (Å²) in [6.07, 6.45) is 3.82. The van der Waals surface area contributed by atoms with Crippen molar-refractivity contribution in [2.75, 3.05) is 0 Å². The smallest absolute Gasteiger partial charge is 0.350 e. The third kappa shape index (κ3) is 4.92. The molecule has 0 aliphatic rings. The Morgan fingerprint density at radius 3 is 2.62 bits per heavy atom. The molecule has 110 valence electrons. The second-order valence-corrected chi connectivity index (χ2v) is 4.29. The van der Waals surface area contributed by atoms with Crippen LogP contribution in [0.3, 0.4) is 0 Å². The van der Waals surface area contributed by atoms with E-state index < -0.39 is 0 Å². The van der Waals surface area contributed by atoms with Crippen LogP contribution in [0.5, 0.6) is 0 Å². The number of pyridine rings is 2. The average Bonchev–Trinajstić information content (AvgIpc) is 2.45. The maximum absolute atomic E-state index is 4.13. The Bertz CT molecular complexity index is 717. The molecule has 21 heavy (non-hydrogen) atoms. The monoisotopic (exact) mass is 304 g/mol. The molecule has 0 bridgehead atoms. The van der Waals surface area contributed by atoms with Crippen molar-refractivity contribution in [1.29, 1.82) is 0 Å². The first-order valence-corrected chi connectivity index (χ1v) is 6.23. The molecule has 0 unspecified atom stereocenters. The Labute approximate surface area is 129 Å². The quantitative estimate of drug-likeness (QED) is 0.222. The molecule has 0 atom stereocenters. The lowest BCUT2D eigenvalue weighted by atomic mass is 10.4. The van der Waals surface area contributed by atoms with Crippen LogP contribution in [0, 0.1) is 0 Å². The molecule has 0 amide bonds. The van der Waals surface area contributed by atoms with E-state index in [9.17, 15) is 0 Å². The molecular weight excluding hydrogens is 288 g/mol. The van der Waals surface area contributed by atoms with Crippen LogP contribution in [0.4, 0.5) is 5.82 Å². The number of hydrogen-bond acceptors (Lipinski definition) is 3. The van der Waals surface area contributed by atoms with Gasteiger partial charge in [-0.1, -0.05) is 12.1 Å². The number of aromatic nitrogens is 2. The minimum Gasteiger partial charge on any atom is -1.00 e. The molecule has 7 heteroatoms. The van der Waals surface area contributed by atoms with E-state index >= 15 is 0 Å². The summed E-state index contributed by atoms with van der Waals surface area (Å²) >= 11 is 0. The number of nitrogens with zero attached hydrogens (tertiary/aromatic N) is 6. The van der Waals surface area contributed by atoms with Gasteiger partial charge in [0.1, 0.15) is 0 Å². The van der Waals surface area contributed by atoms with Gasteiger partial charge in [0.15, 0.2) is 11.3 Å². The Morgan fingerprint density at radius 1 is 1.14 bits per heavy atom. The van der Waals surface area contributed by atoms with Gasteiger partial charge in [0.25, 0.3) is 0 Å². The molecule has 6 nitrogen and oxygen atoms in total. The van der Waals surface area contributed by atoms with Gasteiger partial charge in [-0.2, -0.15) is 0 Å². The topological polar surface area (TPSA) is 58.2 Å². The van der Waals surface area contributed by atoms with Crippen molar-refractivity contribution < 1.29 is 17.0 Å². The first kappa shape index (κ1) is 16.7. The standard InChI is InChI=1S/C14H17N6.ClH/c1-12(15-17-13-8-4-6-10-19(13)2)16-18-14-9-5-7-11-20(14)3;/h4-11H,1-3H3;1H/q+1;/p-1. The first-order chi connectivity index (χ1) is 9.66. The van der Waals surface area contributed by atoms with Gasteiger partial charge in [-0.15, -0.1) is 10.2 Å². The normalized spacial score (nSPS) is 12.5. The van der Waals surface area contributed by atoms with Crippen molar-refractivity contribution in [3.05, 3.63) is 54.3 Å². The van der Waals surface area contributed by atoms with E-state index in [-0.39, 0.29) is 12.4 Å². The summed E-state index contributed by atoms with van der Waals surface area (Å²) in [5.41, 5.74) is 0.757. The minimum absolute atomic E-state index is 0. The van der Waals surface area contributed by atoms with E-state index in [1.54, 1.807) is 6.92 Å². The molecule has 0 aromatic carbocycles. The zero-order valence-corrected chi connectivity index (χ0v) is 12.9. The third-order valence-electron chi connectivity index (χ3n) is 2.65. The molecule has 0 saturated heterocycles. The fraction of sp³-hybridized carbons (Fsp3) is 0.214. The average molecular weight is 305 g/mol. The van der Waals surface area contributed by atoms with Crippen LogP contribution in [0.1, 0.15) is 6.92 Å². The Balaban J connectivity index is 0.00000220. The molecule has 0 radical (unpaired) electrons. The number of rotatable bonds is 2. The Hall–Kier alpha value is -2.34. The summed E-state index contributed by atoms with van der Waals surface area (Å²) in [6.45, 7) is 1.76. The van der Waals surface area contributed by atoms with Gasteiger partial charge in [0.2, 0.25) is 0 Å². The Morgan fingerprint density at radius 2 is 1.90 bits per heavy atom. The minimum atomic E-state index is 0. The number of halogens is 1. The molecule has 0 fully saturated rings. The van der Waals surface area contributed by atoms with E-state index in [2.05, 4.69) is 20.4 Å². The predicted octanol–water partition coefficient (Wildman–Crippen LogP) is -1.13. The molecule has 0 aliphatic heterocycles.